The highest BCUT2D eigenvalue weighted by Gasteiger charge is 2.34. The normalized spacial score (nSPS) is 19.1. The van der Waals surface area contributed by atoms with Gasteiger partial charge < -0.3 is 10.2 Å². The fourth-order valence-corrected chi connectivity index (χ4v) is 3.24. The molecule has 0 saturated carbocycles. The van der Waals surface area contributed by atoms with Gasteiger partial charge in [0, 0.05) is 25.5 Å². The summed E-state index contributed by atoms with van der Waals surface area (Å²) in [5, 5.41) is 5.65. The second kappa shape index (κ2) is 7.48. The van der Waals surface area contributed by atoms with E-state index in [-0.39, 0.29) is 11.9 Å². The topological polar surface area (TPSA) is 48.5 Å². The number of carbonyl (C=O) groups excluding carboxylic acids is 1. The average Bonchev–Trinajstić information content (AvgIpc) is 3.03. The Labute approximate surface area is 137 Å². The van der Waals surface area contributed by atoms with Crippen LogP contribution in [0.3, 0.4) is 0 Å². The predicted molar refractivity (Wildman–Crippen MR) is 82.3 cm³/mol. The Morgan fingerprint density at radius 1 is 1.57 bits per heavy atom. The molecule has 1 atom stereocenters. The summed E-state index contributed by atoms with van der Waals surface area (Å²) in [6, 6.07) is -0.232. The summed E-state index contributed by atoms with van der Waals surface area (Å²) in [6.45, 7) is 2.64. The Morgan fingerprint density at radius 2 is 2.30 bits per heavy atom. The number of hydrogen-bond donors (Lipinski definition) is 1. The number of halogens is 3. The number of hydrogen-bond acceptors (Lipinski definition) is 4. The van der Waals surface area contributed by atoms with E-state index in [0.29, 0.717) is 32.6 Å². The maximum atomic E-state index is 12.3. The van der Waals surface area contributed by atoms with Gasteiger partial charge in [0.15, 0.2) is 0 Å². The minimum Gasteiger partial charge on any atom is -0.338 e. The molecular weight excluding hydrogens is 329 g/mol. The van der Waals surface area contributed by atoms with Crippen molar-refractivity contribution in [3.8, 4) is 0 Å². The molecular formula is C14H21F3N4OS. The molecule has 1 aliphatic heterocycles. The van der Waals surface area contributed by atoms with Crippen LogP contribution in [0.1, 0.15) is 17.1 Å². The van der Waals surface area contributed by atoms with Gasteiger partial charge in [0.1, 0.15) is 0 Å². The summed E-state index contributed by atoms with van der Waals surface area (Å²) < 4.78 is 37.0. The van der Waals surface area contributed by atoms with Gasteiger partial charge in [0.2, 0.25) is 0 Å². The molecule has 130 valence electrons. The van der Waals surface area contributed by atoms with Gasteiger partial charge >= 0.3 is 12.2 Å². The molecule has 0 bridgehead atoms. The number of aryl methyl sites for hydroxylation is 1. The van der Waals surface area contributed by atoms with Gasteiger partial charge in [-0.05, 0) is 25.8 Å². The third-order valence-corrected chi connectivity index (χ3v) is 4.55. The van der Waals surface area contributed by atoms with Gasteiger partial charge in [-0.3, -0.25) is 4.90 Å². The van der Waals surface area contributed by atoms with E-state index in [9.17, 15) is 18.0 Å². The van der Waals surface area contributed by atoms with E-state index >= 15 is 0 Å². The quantitative estimate of drug-likeness (QED) is 0.888. The molecule has 1 unspecified atom stereocenters. The van der Waals surface area contributed by atoms with Crippen molar-refractivity contribution in [3.05, 3.63) is 16.1 Å². The number of urea groups is 1. The molecule has 0 spiro atoms. The summed E-state index contributed by atoms with van der Waals surface area (Å²) in [4.78, 5) is 19.2. The first-order valence-corrected chi connectivity index (χ1v) is 8.30. The van der Waals surface area contributed by atoms with Crippen molar-refractivity contribution < 1.29 is 18.0 Å². The van der Waals surface area contributed by atoms with Crippen LogP contribution in [0.25, 0.3) is 0 Å². The molecule has 5 nitrogen and oxygen atoms in total. The highest BCUT2D eigenvalue weighted by atomic mass is 32.1. The van der Waals surface area contributed by atoms with Crippen molar-refractivity contribution >= 4 is 17.4 Å². The maximum Gasteiger partial charge on any atom is 0.401 e. The highest BCUT2D eigenvalue weighted by molar-refractivity contribution is 7.09. The second-order valence-electron chi connectivity index (χ2n) is 5.90. The standard InChI is InChI=1S/C14H21F3N4OS/c1-10-19-12(8-23-10)7-20(2)13(22)18-5-11-3-4-21(6-11)9-14(15,16)17/h8,11H,3-7,9H2,1-2H3,(H,18,22). The molecule has 1 aromatic rings. The van der Waals surface area contributed by atoms with Crippen molar-refractivity contribution in [2.24, 2.45) is 5.92 Å². The van der Waals surface area contributed by atoms with Gasteiger partial charge in [0.25, 0.3) is 0 Å². The lowest BCUT2D eigenvalue weighted by Crippen LogP contribution is -2.40. The van der Waals surface area contributed by atoms with Crippen LogP contribution in [-0.2, 0) is 6.54 Å². The molecule has 1 aliphatic rings. The summed E-state index contributed by atoms with van der Waals surface area (Å²) in [5.41, 5.74) is 0.836. The van der Waals surface area contributed by atoms with Crippen molar-refractivity contribution in [2.45, 2.75) is 26.1 Å². The van der Waals surface area contributed by atoms with E-state index in [1.54, 1.807) is 7.05 Å². The molecule has 23 heavy (non-hydrogen) atoms. The Bertz CT molecular complexity index is 534. The summed E-state index contributed by atoms with van der Waals surface area (Å²) >= 11 is 1.53. The number of aromatic nitrogens is 1. The fourth-order valence-electron chi connectivity index (χ4n) is 2.64. The molecule has 1 saturated heterocycles. The van der Waals surface area contributed by atoms with Crippen molar-refractivity contribution in [3.63, 3.8) is 0 Å². The number of amides is 2. The van der Waals surface area contributed by atoms with Crippen LogP contribution in [0, 0.1) is 12.8 Å². The zero-order valence-corrected chi connectivity index (χ0v) is 14.0. The lowest BCUT2D eigenvalue weighted by atomic mass is 10.1. The zero-order chi connectivity index (χ0) is 17.0. The first-order chi connectivity index (χ1) is 10.7. The molecule has 9 heteroatoms. The zero-order valence-electron chi connectivity index (χ0n) is 13.2. The first kappa shape index (κ1) is 18.0. The van der Waals surface area contributed by atoms with Gasteiger partial charge in [0.05, 0.1) is 23.8 Å². The molecule has 1 fully saturated rings. The van der Waals surface area contributed by atoms with Gasteiger partial charge in [-0.1, -0.05) is 0 Å². The third kappa shape index (κ3) is 5.98. The van der Waals surface area contributed by atoms with Crippen LogP contribution in [0.5, 0.6) is 0 Å². The molecule has 0 aliphatic carbocycles. The number of carbonyl (C=O) groups is 1. The highest BCUT2D eigenvalue weighted by Crippen LogP contribution is 2.22. The number of nitrogens with one attached hydrogen (secondary N) is 1. The molecule has 0 radical (unpaired) electrons. The largest absolute Gasteiger partial charge is 0.401 e. The van der Waals surface area contributed by atoms with Gasteiger partial charge in [-0.25, -0.2) is 9.78 Å². The number of nitrogens with zero attached hydrogens (tertiary/aromatic N) is 3. The van der Waals surface area contributed by atoms with E-state index in [0.717, 1.165) is 10.7 Å². The van der Waals surface area contributed by atoms with Crippen LogP contribution < -0.4 is 5.32 Å². The molecule has 0 aromatic carbocycles. The third-order valence-electron chi connectivity index (χ3n) is 3.73. The number of alkyl halides is 3. The van der Waals surface area contributed by atoms with Gasteiger partial charge in [-0.15, -0.1) is 11.3 Å². The Kier molecular flexibility index (Phi) is 5.85. The smallest absolute Gasteiger partial charge is 0.338 e. The summed E-state index contributed by atoms with van der Waals surface area (Å²) in [6.07, 6.45) is -3.49. The SMILES string of the molecule is Cc1nc(CN(C)C(=O)NCC2CCN(CC(F)(F)F)C2)cs1. The van der Waals surface area contributed by atoms with E-state index in [2.05, 4.69) is 10.3 Å². The van der Waals surface area contributed by atoms with Crippen molar-refractivity contribution in [2.75, 3.05) is 33.2 Å². The van der Waals surface area contributed by atoms with E-state index < -0.39 is 12.7 Å². The Hall–Kier alpha value is -1.35. The minimum atomic E-state index is -4.16. The Morgan fingerprint density at radius 3 is 2.91 bits per heavy atom. The second-order valence-corrected chi connectivity index (χ2v) is 6.97. The summed E-state index contributed by atoms with van der Waals surface area (Å²) in [5.74, 6) is 0.0659. The van der Waals surface area contributed by atoms with E-state index in [4.69, 9.17) is 0 Å². The number of thiazole rings is 1. The van der Waals surface area contributed by atoms with Crippen LogP contribution in [0.15, 0.2) is 5.38 Å². The molecule has 2 amide bonds. The monoisotopic (exact) mass is 350 g/mol. The summed E-state index contributed by atoms with van der Waals surface area (Å²) in [7, 11) is 1.68. The molecule has 1 aromatic heterocycles. The molecule has 2 rings (SSSR count). The first-order valence-electron chi connectivity index (χ1n) is 7.42. The lowest BCUT2D eigenvalue weighted by Gasteiger charge is -2.20. The van der Waals surface area contributed by atoms with E-state index in [1.807, 2.05) is 12.3 Å². The maximum absolute atomic E-state index is 12.3. The van der Waals surface area contributed by atoms with Crippen molar-refractivity contribution in [1.29, 1.82) is 0 Å². The Balaban J connectivity index is 1.70. The number of rotatable bonds is 5. The van der Waals surface area contributed by atoms with Crippen LogP contribution in [0.4, 0.5) is 18.0 Å². The molecule has 1 N–H and O–H groups in total. The van der Waals surface area contributed by atoms with Crippen LogP contribution in [0.2, 0.25) is 0 Å². The minimum absolute atomic E-state index is 0.0659. The van der Waals surface area contributed by atoms with Crippen molar-refractivity contribution in [1.82, 2.24) is 20.1 Å². The number of likely N-dealkylation sites (tertiary alicyclic amines) is 1. The lowest BCUT2D eigenvalue weighted by molar-refractivity contribution is -0.143. The van der Waals surface area contributed by atoms with Gasteiger partial charge in [-0.2, -0.15) is 13.2 Å². The van der Waals surface area contributed by atoms with Crippen LogP contribution >= 0.6 is 11.3 Å². The van der Waals surface area contributed by atoms with Crippen LogP contribution in [-0.4, -0.2) is 60.2 Å². The average molecular weight is 350 g/mol. The predicted octanol–water partition coefficient (Wildman–Crippen LogP) is 2.48. The fraction of sp³-hybridized carbons (Fsp3) is 0.714. The van der Waals surface area contributed by atoms with E-state index in [1.165, 1.54) is 21.1 Å². The molecule has 2 heterocycles.